The molecule has 5 aromatic carbocycles. The molecule has 5 rings (SSSR count). The fourth-order valence-corrected chi connectivity index (χ4v) is 7.30. The third kappa shape index (κ3) is 8.61. The molecule has 56 heavy (non-hydrogen) atoms. The predicted molar refractivity (Wildman–Crippen MR) is 190 cm³/mol. The summed E-state index contributed by atoms with van der Waals surface area (Å²) in [6.45, 7) is 0. The largest absolute Gasteiger partial charge is 0.506 e. The van der Waals surface area contributed by atoms with Gasteiger partial charge in [-0.05, 0) is 71.2 Å². The van der Waals surface area contributed by atoms with Crippen LogP contribution in [0.15, 0.2) is 122 Å². The van der Waals surface area contributed by atoms with E-state index < -0.39 is 111 Å². The second-order valence-corrected chi connectivity index (χ2v) is 16.4. The minimum atomic E-state index is -5.46. The van der Waals surface area contributed by atoms with Crippen molar-refractivity contribution in [1.29, 1.82) is 0 Å². The summed E-state index contributed by atoms with van der Waals surface area (Å²) in [4.78, 5) is 6.13. The molecule has 9 N–H and O–H groups in total. The number of phenols is 3. The zero-order chi connectivity index (χ0) is 41.5. The Morgan fingerprint density at radius 1 is 0.464 bits per heavy atom. The highest BCUT2D eigenvalue weighted by Gasteiger charge is 2.29. The van der Waals surface area contributed by atoms with E-state index in [1.54, 1.807) is 0 Å². The standard InChI is InChI=1S/C28H20N8O16S4/c29-13-1-4-16(19(37)9-13)31-30-14-2-5-17(20(10-14)53(41,42)43)32-34-25-22(55(47,48)49)7-12-8-23(56(50,51)52)26(28(39)24(12)27(25)38)35-33-18-6-3-15(36-40)11-21(18)54(44,45)46/h1-11,37-39H,29H2,(H,41,42,43)(H,44,45,46)(H,47,48,49)(H,50,51,52). The van der Waals surface area contributed by atoms with Crippen LogP contribution in [0.5, 0.6) is 17.2 Å². The molecule has 0 aliphatic rings. The molecule has 0 heterocycles. The maximum absolute atomic E-state index is 12.4. The van der Waals surface area contributed by atoms with Gasteiger partial charge in [-0.15, -0.1) is 30.5 Å². The minimum Gasteiger partial charge on any atom is -0.506 e. The van der Waals surface area contributed by atoms with Crippen LogP contribution in [0.3, 0.4) is 0 Å². The van der Waals surface area contributed by atoms with E-state index >= 15 is 0 Å². The number of anilines is 1. The molecule has 28 heteroatoms. The molecule has 292 valence electrons. The van der Waals surface area contributed by atoms with Gasteiger partial charge in [0.1, 0.15) is 59.5 Å². The van der Waals surface area contributed by atoms with Crippen molar-refractivity contribution in [3.05, 3.63) is 71.6 Å². The van der Waals surface area contributed by atoms with E-state index in [1.807, 2.05) is 0 Å². The molecule has 0 radical (unpaired) electrons. The number of hydrogen-bond donors (Lipinski definition) is 8. The Hall–Kier alpha value is -6.40. The molecule has 0 atom stereocenters. The molecule has 0 aliphatic heterocycles. The van der Waals surface area contributed by atoms with Gasteiger partial charge < -0.3 is 21.1 Å². The third-order valence-electron chi connectivity index (χ3n) is 7.14. The highest BCUT2D eigenvalue weighted by atomic mass is 32.2. The fraction of sp³-hybridized carbons (Fsp3) is 0. The molecule has 0 saturated carbocycles. The summed E-state index contributed by atoms with van der Waals surface area (Å²) in [5, 5.41) is 54.6. The lowest BCUT2D eigenvalue weighted by Crippen LogP contribution is -2.02. The highest BCUT2D eigenvalue weighted by molar-refractivity contribution is 7.86. The van der Waals surface area contributed by atoms with Gasteiger partial charge in [-0.1, -0.05) is 0 Å². The molecule has 0 amide bonds. The topological polar surface area (TPSA) is 408 Å². The number of benzene rings is 5. The Bertz CT molecular complexity index is 3050. The number of rotatable bonds is 11. The van der Waals surface area contributed by atoms with Crippen molar-refractivity contribution in [2.75, 3.05) is 5.73 Å². The first-order chi connectivity index (χ1) is 25.9. The van der Waals surface area contributed by atoms with Gasteiger partial charge in [0, 0.05) is 11.8 Å². The van der Waals surface area contributed by atoms with Crippen molar-refractivity contribution < 1.29 is 67.2 Å². The normalized spacial score (nSPS) is 13.0. The number of azo groups is 3. The lowest BCUT2D eigenvalue weighted by atomic mass is 10.1. The molecule has 0 bridgehead atoms. The van der Waals surface area contributed by atoms with E-state index in [2.05, 4.69) is 35.9 Å². The zero-order valence-electron chi connectivity index (χ0n) is 27.0. The third-order valence-corrected chi connectivity index (χ3v) is 10.6. The monoisotopic (exact) mass is 852 g/mol. The van der Waals surface area contributed by atoms with Gasteiger partial charge in [0.05, 0.1) is 11.1 Å². The van der Waals surface area contributed by atoms with Crippen LogP contribution in [-0.4, -0.2) is 67.2 Å². The van der Waals surface area contributed by atoms with Crippen molar-refractivity contribution in [3.8, 4) is 17.2 Å². The van der Waals surface area contributed by atoms with E-state index in [1.165, 1.54) is 12.1 Å². The molecule has 0 fully saturated rings. The molecule has 0 aliphatic carbocycles. The SMILES string of the molecule is Nc1ccc(N=Nc2ccc(N=Nc3c(S(=O)(=O)O)cc4cc(S(=O)(=O)O)c(N=Nc5ccc(N=O)cc5S(=O)(=O)O)c(O)c4c3O)c(S(=O)(=O)O)c2)c(O)c1. The van der Waals surface area contributed by atoms with Gasteiger partial charge in [0.15, 0.2) is 11.5 Å². The van der Waals surface area contributed by atoms with E-state index in [0.717, 1.165) is 36.4 Å². The van der Waals surface area contributed by atoms with Crippen molar-refractivity contribution in [1.82, 2.24) is 0 Å². The molecular formula is C28H20N8O16S4. The Labute approximate surface area is 313 Å². The minimum absolute atomic E-state index is 0.0915. The zero-order valence-corrected chi connectivity index (χ0v) is 30.3. The summed E-state index contributed by atoms with van der Waals surface area (Å²) in [5.41, 5.74) is 0.923. The number of hydrogen-bond acceptors (Lipinski definition) is 20. The summed E-state index contributed by atoms with van der Waals surface area (Å²) in [6.07, 6.45) is 0. The lowest BCUT2D eigenvalue weighted by Gasteiger charge is -2.13. The number of nitrogens with zero attached hydrogens (tertiary/aromatic N) is 7. The van der Waals surface area contributed by atoms with Crippen LogP contribution < -0.4 is 5.73 Å². The highest BCUT2D eigenvalue weighted by Crippen LogP contribution is 2.50. The summed E-state index contributed by atoms with van der Waals surface area (Å²) in [6, 6.07) is 9.59. The van der Waals surface area contributed by atoms with Gasteiger partial charge in [-0.3, -0.25) is 18.2 Å². The van der Waals surface area contributed by atoms with E-state index in [-0.39, 0.29) is 22.8 Å². The van der Waals surface area contributed by atoms with Crippen LogP contribution in [0.4, 0.5) is 45.5 Å². The second-order valence-electron chi connectivity index (χ2n) is 10.9. The summed E-state index contributed by atoms with van der Waals surface area (Å²) in [7, 11) is -21.2. The lowest BCUT2D eigenvalue weighted by molar-refractivity contribution is 0.458. The number of nitrogen functional groups attached to an aromatic ring is 1. The van der Waals surface area contributed by atoms with Crippen LogP contribution in [0.1, 0.15) is 0 Å². The van der Waals surface area contributed by atoms with Crippen molar-refractivity contribution >= 4 is 96.7 Å². The summed E-state index contributed by atoms with van der Waals surface area (Å²) < 4.78 is 137. The molecule has 0 aromatic heterocycles. The molecular weight excluding hydrogens is 833 g/mol. The number of phenolic OH excluding ortho intramolecular Hbond substituents is 3. The molecule has 5 aromatic rings. The van der Waals surface area contributed by atoms with Gasteiger partial charge >= 0.3 is 0 Å². The average molecular weight is 853 g/mol. The number of aromatic hydroxyl groups is 3. The first-order valence-corrected chi connectivity index (χ1v) is 20.1. The van der Waals surface area contributed by atoms with Crippen LogP contribution >= 0.6 is 0 Å². The smallest absolute Gasteiger partial charge is 0.296 e. The van der Waals surface area contributed by atoms with E-state index in [4.69, 9.17) is 5.73 Å². The maximum Gasteiger partial charge on any atom is 0.296 e. The first-order valence-electron chi connectivity index (χ1n) is 14.3. The fourth-order valence-electron chi connectivity index (χ4n) is 4.69. The maximum atomic E-state index is 12.4. The average Bonchev–Trinajstić information content (AvgIpc) is 3.08. The first kappa shape index (κ1) is 40.8. The van der Waals surface area contributed by atoms with Gasteiger partial charge in [0.2, 0.25) is 0 Å². The summed E-state index contributed by atoms with van der Waals surface area (Å²) >= 11 is 0. The molecule has 0 spiro atoms. The Kier molecular flexibility index (Phi) is 10.7. The van der Waals surface area contributed by atoms with Crippen LogP contribution in [0.25, 0.3) is 10.8 Å². The van der Waals surface area contributed by atoms with Crippen LogP contribution in [0.2, 0.25) is 0 Å². The van der Waals surface area contributed by atoms with Crippen LogP contribution in [0, 0.1) is 4.91 Å². The van der Waals surface area contributed by atoms with Gasteiger partial charge in [-0.2, -0.15) is 38.8 Å². The van der Waals surface area contributed by atoms with Crippen LogP contribution in [-0.2, 0) is 40.5 Å². The number of nitroso groups, excluding NO2 is 1. The van der Waals surface area contributed by atoms with Gasteiger partial charge in [0.25, 0.3) is 40.5 Å². The van der Waals surface area contributed by atoms with Crippen molar-refractivity contribution in [2.24, 2.45) is 35.9 Å². The molecule has 0 unspecified atom stereocenters. The molecule has 0 saturated heterocycles. The number of nitrogens with two attached hydrogens (primary N) is 1. The Morgan fingerprint density at radius 3 is 1.30 bits per heavy atom. The Balaban J connectivity index is 1.71. The van der Waals surface area contributed by atoms with Crippen molar-refractivity contribution in [2.45, 2.75) is 19.6 Å². The Morgan fingerprint density at radius 2 is 0.875 bits per heavy atom. The quantitative estimate of drug-likeness (QED) is 0.0318. The summed E-state index contributed by atoms with van der Waals surface area (Å²) in [5.74, 6) is -3.20. The van der Waals surface area contributed by atoms with Gasteiger partial charge in [-0.25, -0.2) is 0 Å². The van der Waals surface area contributed by atoms with E-state index in [0.29, 0.717) is 18.2 Å². The van der Waals surface area contributed by atoms with E-state index in [9.17, 15) is 72.1 Å². The second kappa shape index (κ2) is 14.7. The predicted octanol–water partition coefficient (Wildman–Crippen LogP) is 6.17. The molecule has 24 nitrogen and oxygen atoms in total. The number of fused-ring (bicyclic) bond motifs is 1. The van der Waals surface area contributed by atoms with Crippen molar-refractivity contribution in [3.63, 3.8) is 0 Å².